The molecule has 0 aliphatic heterocycles. The highest BCUT2D eigenvalue weighted by Crippen LogP contribution is 2.35. The summed E-state index contributed by atoms with van der Waals surface area (Å²) < 4.78 is 12.9. The minimum atomic E-state index is -0.598. The van der Waals surface area contributed by atoms with Crippen LogP contribution >= 0.6 is 0 Å². The van der Waals surface area contributed by atoms with Gasteiger partial charge in [-0.2, -0.15) is 0 Å². The van der Waals surface area contributed by atoms with Gasteiger partial charge in [0, 0.05) is 25.3 Å². The fourth-order valence-corrected chi connectivity index (χ4v) is 3.28. The second kappa shape index (κ2) is 9.38. The van der Waals surface area contributed by atoms with E-state index in [2.05, 4.69) is 0 Å². The highest BCUT2D eigenvalue weighted by Gasteiger charge is 2.32. The number of nitrogens with zero attached hydrogens (tertiary/aromatic N) is 2. The van der Waals surface area contributed by atoms with Gasteiger partial charge < -0.3 is 19.5 Å². The Morgan fingerprint density at radius 1 is 1.00 bits per heavy atom. The van der Waals surface area contributed by atoms with Crippen LogP contribution in [0.25, 0.3) is 5.69 Å². The van der Waals surface area contributed by atoms with Crippen LogP contribution in [0.4, 0.5) is 0 Å². The van der Waals surface area contributed by atoms with Crippen LogP contribution in [0.5, 0.6) is 11.5 Å². The highest BCUT2D eigenvalue weighted by atomic mass is 16.5. The summed E-state index contributed by atoms with van der Waals surface area (Å²) in [4.78, 5) is 27.5. The fraction of sp³-hybridized carbons (Fsp3) is 0.250. The third-order valence-corrected chi connectivity index (χ3v) is 4.77. The fourth-order valence-electron chi connectivity index (χ4n) is 3.28. The minimum absolute atomic E-state index is 0.0753. The molecule has 7 heteroatoms. The average molecular weight is 422 g/mol. The molecule has 0 aliphatic rings. The normalized spacial score (nSPS) is 10.6. The largest absolute Gasteiger partial charge is 0.508 e. The molecule has 0 aliphatic carbocycles. The number of amides is 1. The predicted molar refractivity (Wildman–Crippen MR) is 117 cm³/mol. The van der Waals surface area contributed by atoms with E-state index in [1.54, 1.807) is 40.1 Å². The molecule has 0 saturated carbocycles. The Hall–Kier alpha value is -3.74. The van der Waals surface area contributed by atoms with Crippen molar-refractivity contribution in [3.63, 3.8) is 0 Å². The SMILES string of the molecule is CCOC(=O)c1c(OCc2ccccc2)c(C)c(C(=O)N(C)C)n1-c1ccc(O)cc1. The first-order valence-corrected chi connectivity index (χ1v) is 9.95. The Kier molecular flexibility index (Phi) is 6.65. The van der Waals surface area contributed by atoms with Gasteiger partial charge >= 0.3 is 5.97 Å². The number of aromatic nitrogens is 1. The van der Waals surface area contributed by atoms with Gasteiger partial charge in [0.25, 0.3) is 5.91 Å². The summed E-state index contributed by atoms with van der Waals surface area (Å²) in [6.45, 7) is 3.86. The molecule has 1 amide bonds. The summed E-state index contributed by atoms with van der Waals surface area (Å²) >= 11 is 0. The van der Waals surface area contributed by atoms with Crippen LogP contribution in [-0.2, 0) is 11.3 Å². The highest BCUT2D eigenvalue weighted by molar-refractivity contribution is 6.01. The van der Waals surface area contributed by atoms with Crippen LogP contribution < -0.4 is 4.74 Å². The van der Waals surface area contributed by atoms with E-state index in [4.69, 9.17) is 9.47 Å². The van der Waals surface area contributed by atoms with Crippen molar-refractivity contribution in [1.29, 1.82) is 0 Å². The van der Waals surface area contributed by atoms with Crippen molar-refractivity contribution in [1.82, 2.24) is 9.47 Å². The van der Waals surface area contributed by atoms with Gasteiger partial charge in [0.2, 0.25) is 0 Å². The topological polar surface area (TPSA) is 81.0 Å². The molecule has 0 saturated heterocycles. The van der Waals surface area contributed by atoms with E-state index in [1.165, 1.54) is 21.6 Å². The quantitative estimate of drug-likeness (QED) is 0.583. The molecule has 1 heterocycles. The summed E-state index contributed by atoms with van der Waals surface area (Å²) in [6, 6.07) is 15.8. The number of hydrogen-bond acceptors (Lipinski definition) is 5. The number of phenolic OH excluding ortho intramolecular Hbond substituents is 1. The summed E-state index contributed by atoms with van der Waals surface area (Å²) in [7, 11) is 3.29. The Labute approximate surface area is 181 Å². The summed E-state index contributed by atoms with van der Waals surface area (Å²) in [6.07, 6.45) is 0. The van der Waals surface area contributed by atoms with Crippen LogP contribution in [0.15, 0.2) is 54.6 Å². The lowest BCUT2D eigenvalue weighted by molar-refractivity contribution is 0.0511. The number of hydrogen-bond donors (Lipinski definition) is 1. The lowest BCUT2D eigenvalue weighted by atomic mass is 10.2. The third kappa shape index (κ3) is 4.55. The van der Waals surface area contributed by atoms with Crippen molar-refractivity contribution < 1.29 is 24.2 Å². The van der Waals surface area contributed by atoms with Crippen molar-refractivity contribution in [3.05, 3.63) is 77.1 Å². The van der Waals surface area contributed by atoms with E-state index in [0.29, 0.717) is 22.7 Å². The maximum atomic E-state index is 13.1. The first kappa shape index (κ1) is 22.0. The lowest BCUT2D eigenvalue weighted by Crippen LogP contribution is -2.26. The van der Waals surface area contributed by atoms with Gasteiger partial charge in [-0.1, -0.05) is 30.3 Å². The van der Waals surface area contributed by atoms with E-state index in [0.717, 1.165) is 5.56 Å². The van der Waals surface area contributed by atoms with E-state index in [1.807, 2.05) is 30.3 Å². The molecule has 31 heavy (non-hydrogen) atoms. The Morgan fingerprint density at radius 3 is 2.23 bits per heavy atom. The van der Waals surface area contributed by atoms with Crippen LogP contribution in [0, 0.1) is 6.92 Å². The lowest BCUT2D eigenvalue weighted by Gasteiger charge is -2.16. The Bertz CT molecular complexity index is 1070. The number of carbonyl (C=O) groups is 2. The van der Waals surface area contributed by atoms with Crippen LogP contribution in [-0.4, -0.2) is 47.2 Å². The third-order valence-electron chi connectivity index (χ3n) is 4.77. The molecule has 3 rings (SSSR count). The maximum Gasteiger partial charge on any atom is 0.359 e. The number of phenols is 1. The number of rotatable bonds is 7. The Balaban J connectivity index is 2.23. The van der Waals surface area contributed by atoms with Gasteiger partial charge in [0.1, 0.15) is 18.1 Å². The average Bonchev–Trinajstić information content (AvgIpc) is 3.05. The predicted octanol–water partition coefficient (Wildman–Crippen LogP) is 3.95. The molecule has 3 aromatic rings. The minimum Gasteiger partial charge on any atom is -0.508 e. The van der Waals surface area contributed by atoms with Gasteiger partial charge in [0.15, 0.2) is 11.4 Å². The van der Waals surface area contributed by atoms with E-state index >= 15 is 0 Å². The molecule has 0 unspecified atom stereocenters. The van der Waals surface area contributed by atoms with Crippen LogP contribution in [0.1, 0.15) is 39.0 Å². The molecule has 0 bridgehead atoms. The summed E-state index contributed by atoms with van der Waals surface area (Å²) in [5.74, 6) is -0.517. The first-order valence-electron chi connectivity index (χ1n) is 9.95. The standard InChI is InChI=1S/C24H26N2O5/c1-5-30-24(29)21-22(31-15-17-9-7-6-8-10-17)16(2)20(23(28)25(3)4)26(21)18-11-13-19(27)14-12-18/h6-14,27H,5,15H2,1-4H3. The number of ether oxygens (including phenoxy) is 2. The van der Waals surface area contributed by atoms with Gasteiger partial charge in [-0.15, -0.1) is 0 Å². The van der Waals surface area contributed by atoms with Gasteiger partial charge in [-0.05, 0) is 43.7 Å². The molecular weight excluding hydrogens is 396 g/mol. The molecule has 1 aromatic heterocycles. The smallest absolute Gasteiger partial charge is 0.359 e. The van der Waals surface area contributed by atoms with Crippen LogP contribution in [0.3, 0.4) is 0 Å². The molecule has 0 spiro atoms. The first-order chi connectivity index (χ1) is 14.8. The molecule has 0 radical (unpaired) electrons. The number of benzene rings is 2. The second-order valence-electron chi connectivity index (χ2n) is 7.20. The zero-order valence-electron chi connectivity index (χ0n) is 18.1. The van der Waals surface area contributed by atoms with Gasteiger partial charge in [-0.25, -0.2) is 4.79 Å². The Morgan fingerprint density at radius 2 is 1.65 bits per heavy atom. The zero-order chi connectivity index (χ0) is 22.5. The van der Waals surface area contributed by atoms with Crippen LogP contribution in [0.2, 0.25) is 0 Å². The van der Waals surface area contributed by atoms with Crippen molar-refractivity contribution in [3.8, 4) is 17.2 Å². The van der Waals surface area contributed by atoms with Crippen molar-refractivity contribution >= 4 is 11.9 Å². The van der Waals surface area contributed by atoms with Crippen molar-refractivity contribution in [2.75, 3.05) is 20.7 Å². The molecular formula is C24H26N2O5. The van der Waals surface area contributed by atoms with Gasteiger partial charge in [-0.3, -0.25) is 9.36 Å². The second-order valence-corrected chi connectivity index (χ2v) is 7.20. The number of aromatic hydroxyl groups is 1. The number of esters is 1. The summed E-state index contributed by atoms with van der Waals surface area (Å²) in [5.41, 5.74) is 2.41. The van der Waals surface area contributed by atoms with E-state index in [9.17, 15) is 14.7 Å². The van der Waals surface area contributed by atoms with Gasteiger partial charge in [0.05, 0.1) is 6.61 Å². The molecule has 2 aromatic carbocycles. The van der Waals surface area contributed by atoms with Crippen molar-refractivity contribution in [2.45, 2.75) is 20.5 Å². The zero-order valence-corrected chi connectivity index (χ0v) is 18.1. The van der Waals surface area contributed by atoms with E-state index in [-0.39, 0.29) is 30.6 Å². The molecule has 7 nitrogen and oxygen atoms in total. The molecule has 1 N–H and O–H groups in total. The van der Waals surface area contributed by atoms with Crippen molar-refractivity contribution in [2.24, 2.45) is 0 Å². The molecule has 0 atom stereocenters. The molecule has 162 valence electrons. The summed E-state index contributed by atoms with van der Waals surface area (Å²) in [5, 5.41) is 9.70. The monoisotopic (exact) mass is 422 g/mol. The molecule has 0 fully saturated rings. The van der Waals surface area contributed by atoms with E-state index < -0.39 is 5.97 Å². The number of carbonyl (C=O) groups excluding carboxylic acids is 2. The maximum absolute atomic E-state index is 13.1.